The summed E-state index contributed by atoms with van der Waals surface area (Å²) in [7, 11) is 1.91. The van der Waals surface area contributed by atoms with Gasteiger partial charge >= 0.3 is 0 Å². The number of fused-ring (bicyclic) bond motifs is 1. The molecule has 1 aliphatic rings. The molecule has 2 atom stereocenters. The van der Waals surface area contributed by atoms with Crippen molar-refractivity contribution in [1.29, 1.82) is 0 Å². The van der Waals surface area contributed by atoms with Gasteiger partial charge < -0.3 is 10.4 Å². The first kappa shape index (κ1) is 15.7. The Morgan fingerprint density at radius 3 is 2.83 bits per heavy atom. The standard InChI is InChI=1S/C18H23N3O2/c1-11-14(12(2)21(3)20-11)8-9-17(23)19-18-15-7-5-4-6-13(15)10-16(18)22/h4-7,16,18,22H,8-10H2,1-3H3,(H,19,23). The van der Waals surface area contributed by atoms with Gasteiger partial charge in [0.05, 0.1) is 17.8 Å². The van der Waals surface area contributed by atoms with Crippen LogP contribution < -0.4 is 5.32 Å². The minimum Gasteiger partial charge on any atom is -0.390 e. The minimum absolute atomic E-state index is 0.0339. The molecule has 122 valence electrons. The monoisotopic (exact) mass is 313 g/mol. The third-order valence-corrected chi connectivity index (χ3v) is 4.78. The molecule has 3 rings (SSSR count). The van der Waals surface area contributed by atoms with Crippen molar-refractivity contribution < 1.29 is 9.90 Å². The molecule has 0 radical (unpaired) electrons. The Morgan fingerprint density at radius 1 is 1.39 bits per heavy atom. The molecule has 1 aromatic heterocycles. The third kappa shape index (κ3) is 3.01. The van der Waals surface area contributed by atoms with Crippen LogP contribution in [0.1, 0.15) is 40.5 Å². The average molecular weight is 313 g/mol. The van der Waals surface area contributed by atoms with Crippen LogP contribution in [0.3, 0.4) is 0 Å². The Bertz CT molecular complexity index is 736. The SMILES string of the molecule is Cc1nn(C)c(C)c1CCC(=O)NC1c2ccccc2CC1O. The number of carbonyl (C=O) groups is 1. The Labute approximate surface area is 136 Å². The largest absolute Gasteiger partial charge is 0.390 e. The third-order valence-electron chi connectivity index (χ3n) is 4.78. The van der Waals surface area contributed by atoms with E-state index in [-0.39, 0.29) is 11.9 Å². The van der Waals surface area contributed by atoms with Crippen molar-refractivity contribution in [2.45, 2.75) is 45.3 Å². The average Bonchev–Trinajstić information content (AvgIpc) is 2.95. The Hall–Kier alpha value is -2.14. The molecule has 1 aliphatic carbocycles. The highest BCUT2D eigenvalue weighted by atomic mass is 16.3. The number of aliphatic hydroxyl groups is 1. The zero-order valence-corrected chi connectivity index (χ0v) is 13.8. The fourth-order valence-corrected chi connectivity index (χ4v) is 3.41. The molecule has 0 bridgehead atoms. The van der Waals surface area contributed by atoms with Crippen molar-refractivity contribution in [3.63, 3.8) is 0 Å². The van der Waals surface area contributed by atoms with Gasteiger partial charge in [-0.1, -0.05) is 24.3 Å². The number of aryl methyl sites for hydroxylation is 2. The lowest BCUT2D eigenvalue weighted by Crippen LogP contribution is -2.34. The number of hydrogen-bond acceptors (Lipinski definition) is 3. The van der Waals surface area contributed by atoms with Crippen molar-refractivity contribution in [3.05, 3.63) is 52.3 Å². The number of benzene rings is 1. The highest BCUT2D eigenvalue weighted by Gasteiger charge is 2.31. The van der Waals surface area contributed by atoms with Gasteiger partial charge in [0, 0.05) is 25.6 Å². The van der Waals surface area contributed by atoms with E-state index in [0.717, 1.165) is 28.1 Å². The van der Waals surface area contributed by atoms with Crippen LogP contribution in [-0.2, 0) is 24.7 Å². The molecule has 2 N–H and O–H groups in total. The number of nitrogens with zero attached hydrogens (tertiary/aromatic N) is 2. The summed E-state index contributed by atoms with van der Waals surface area (Å²) in [6, 6.07) is 7.59. The zero-order chi connectivity index (χ0) is 16.6. The Balaban J connectivity index is 1.64. The van der Waals surface area contributed by atoms with E-state index in [4.69, 9.17) is 0 Å². The molecule has 1 heterocycles. The van der Waals surface area contributed by atoms with Crippen LogP contribution in [0.5, 0.6) is 0 Å². The Morgan fingerprint density at radius 2 is 2.13 bits per heavy atom. The van der Waals surface area contributed by atoms with Gasteiger partial charge in [-0.3, -0.25) is 9.48 Å². The van der Waals surface area contributed by atoms with Crippen LogP contribution in [0.4, 0.5) is 0 Å². The lowest BCUT2D eigenvalue weighted by Gasteiger charge is -2.18. The van der Waals surface area contributed by atoms with Gasteiger partial charge in [0.2, 0.25) is 5.91 Å². The van der Waals surface area contributed by atoms with Crippen molar-refractivity contribution >= 4 is 5.91 Å². The molecule has 5 heteroatoms. The van der Waals surface area contributed by atoms with Crippen LogP contribution in [0.25, 0.3) is 0 Å². The summed E-state index contributed by atoms with van der Waals surface area (Å²) < 4.78 is 1.85. The summed E-state index contributed by atoms with van der Waals surface area (Å²) in [5.74, 6) is -0.0339. The molecule has 1 amide bonds. The lowest BCUT2D eigenvalue weighted by molar-refractivity contribution is -0.122. The van der Waals surface area contributed by atoms with Crippen molar-refractivity contribution in [3.8, 4) is 0 Å². The van der Waals surface area contributed by atoms with Gasteiger partial charge in [0.1, 0.15) is 0 Å². The van der Waals surface area contributed by atoms with Crippen LogP contribution in [0.15, 0.2) is 24.3 Å². The number of hydrogen-bond donors (Lipinski definition) is 2. The molecular weight excluding hydrogens is 290 g/mol. The minimum atomic E-state index is -0.543. The quantitative estimate of drug-likeness (QED) is 0.903. The maximum Gasteiger partial charge on any atom is 0.220 e. The number of aliphatic hydroxyl groups excluding tert-OH is 1. The summed E-state index contributed by atoms with van der Waals surface area (Å²) in [6.07, 6.45) is 1.13. The first-order valence-electron chi connectivity index (χ1n) is 8.01. The highest BCUT2D eigenvalue weighted by molar-refractivity contribution is 5.77. The van der Waals surface area contributed by atoms with E-state index in [9.17, 15) is 9.90 Å². The molecule has 0 aliphatic heterocycles. The predicted octanol–water partition coefficient (Wildman–Crippen LogP) is 1.74. The predicted molar refractivity (Wildman–Crippen MR) is 88.0 cm³/mol. The molecule has 1 aromatic carbocycles. The van der Waals surface area contributed by atoms with E-state index in [1.165, 1.54) is 0 Å². The molecule has 0 saturated carbocycles. The zero-order valence-electron chi connectivity index (χ0n) is 13.8. The van der Waals surface area contributed by atoms with Crippen LogP contribution in [0, 0.1) is 13.8 Å². The van der Waals surface area contributed by atoms with Crippen LogP contribution in [-0.4, -0.2) is 26.9 Å². The molecular formula is C18H23N3O2. The summed E-state index contributed by atoms with van der Waals surface area (Å²) in [5, 5.41) is 17.6. The lowest BCUT2D eigenvalue weighted by atomic mass is 10.1. The first-order chi connectivity index (χ1) is 11.0. The maximum atomic E-state index is 12.3. The van der Waals surface area contributed by atoms with E-state index in [2.05, 4.69) is 10.4 Å². The fourth-order valence-electron chi connectivity index (χ4n) is 3.41. The normalized spacial score (nSPS) is 19.7. The first-order valence-corrected chi connectivity index (χ1v) is 8.01. The van der Waals surface area contributed by atoms with Gasteiger partial charge in [-0.05, 0) is 37.0 Å². The second-order valence-corrected chi connectivity index (χ2v) is 6.29. The molecule has 0 saturated heterocycles. The van der Waals surface area contributed by atoms with Gasteiger partial charge in [-0.25, -0.2) is 0 Å². The maximum absolute atomic E-state index is 12.3. The molecule has 23 heavy (non-hydrogen) atoms. The second-order valence-electron chi connectivity index (χ2n) is 6.29. The van der Waals surface area contributed by atoms with Gasteiger partial charge in [-0.15, -0.1) is 0 Å². The number of nitrogens with one attached hydrogen (secondary N) is 1. The summed E-state index contributed by atoms with van der Waals surface area (Å²) in [6.45, 7) is 3.99. The number of aromatic nitrogens is 2. The summed E-state index contributed by atoms with van der Waals surface area (Å²) in [4.78, 5) is 12.3. The number of carbonyl (C=O) groups excluding carboxylic acids is 1. The van der Waals surface area contributed by atoms with Crippen LogP contribution >= 0.6 is 0 Å². The Kier molecular flexibility index (Phi) is 4.22. The van der Waals surface area contributed by atoms with E-state index in [1.54, 1.807) is 0 Å². The summed E-state index contributed by atoms with van der Waals surface area (Å²) >= 11 is 0. The fraction of sp³-hybridized carbons (Fsp3) is 0.444. The molecule has 2 unspecified atom stereocenters. The van der Waals surface area contributed by atoms with E-state index < -0.39 is 6.10 Å². The molecule has 5 nitrogen and oxygen atoms in total. The molecule has 0 spiro atoms. The van der Waals surface area contributed by atoms with Crippen molar-refractivity contribution in [1.82, 2.24) is 15.1 Å². The topological polar surface area (TPSA) is 67.2 Å². The molecule has 2 aromatic rings. The van der Waals surface area contributed by atoms with Crippen molar-refractivity contribution in [2.75, 3.05) is 0 Å². The van der Waals surface area contributed by atoms with E-state index >= 15 is 0 Å². The van der Waals surface area contributed by atoms with Gasteiger partial charge in [0.15, 0.2) is 0 Å². The van der Waals surface area contributed by atoms with E-state index in [1.807, 2.05) is 49.8 Å². The van der Waals surface area contributed by atoms with Crippen LogP contribution in [0.2, 0.25) is 0 Å². The number of amides is 1. The number of rotatable bonds is 4. The van der Waals surface area contributed by atoms with Gasteiger partial charge in [-0.2, -0.15) is 5.10 Å². The second kappa shape index (κ2) is 6.16. The van der Waals surface area contributed by atoms with Crippen molar-refractivity contribution in [2.24, 2.45) is 7.05 Å². The molecule has 0 fully saturated rings. The van der Waals surface area contributed by atoms with E-state index in [0.29, 0.717) is 19.3 Å². The smallest absolute Gasteiger partial charge is 0.220 e. The van der Waals surface area contributed by atoms with Gasteiger partial charge in [0.25, 0.3) is 0 Å². The summed E-state index contributed by atoms with van der Waals surface area (Å²) in [5.41, 5.74) is 5.35. The highest BCUT2D eigenvalue weighted by Crippen LogP contribution is 2.31.